The molecule has 0 spiro atoms. The summed E-state index contributed by atoms with van der Waals surface area (Å²) in [5, 5.41) is 9.55. The first-order chi connectivity index (χ1) is 12.2. The van der Waals surface area contributed by atoms with Crippen LogP contribution >= 0.6 is 23.2 Å². The molecule has 136 valence electrons. The third-order valence-electron chi connectivity index (χ3n) is 5.00. The van der Waals surface area contributed by atoms with Crippen LogP contribution in [0.5, 0.6) is 5.88 Å². The average molecular weight is 404 g/mol. The Morgan fingerprint density at radius 3 is 2.58 bits per heavy atom. The zero-order chi connectivity index (χ0) is 19.0. The van der Waals surface area contributed by atoms with E-state index in [0.717, 1.165) is 10.6 Å². The maximum absolute atomic E-state index is 13.2. The van der Waals surface area contributed by atoms with Gasteiger partial charge in [-0.1, -0.05) is 6.07 Å². The van der Waals surface area contributed by atoms with Crippen LogP contribution in [0, 0.1) is 6.57 Å². The highest BCUT2D eigenvalue weighted by molar-refractivity contribution is 6.31. The van der Waals surface area contributed by atoms with Crippen LogP contribution in [0.2, 0.25) is 0 Å². The van der Waals surface area contributed by atoms with Gasteiger partial charge in [0.2, 0.25) is 5.88 Å². The number of nitrogens with zero attached hydrogens (tertiary/aromatic N) is 3. The molecule has 1 saturated carbocycles. The Bertz CT molecular complexity index is 1020. The molecule has 1 aromatic carbocycles. The summed E-state index contributed by atoms with van der Waals surface area (Å²) in [6.07, 6.45) is -4.26. The minimum Gasteiger partial charge on any atom is -0.493 e. The second-order valence-corrected chi connectivity index (χ2v) is 7.31. The average Bonchev–Trinajstić information content (AvgIpc) is 3.18. The number of alkyl halides is 5. The van der Waals surface area contributed by atoms with Gasteiger partial charge in [-0.15, -0.1) is 23.2 Å². The summed E-state index contributed by atoms with van der Waals surface area (Å²) in [7, 11) is 0. The molecule has 2 bridgehead atoms. The van der Waals surface area contributed by atoms with Crippen LogP contribution in [0.3, 0.4) is 0 Å². The third kappa shape index (κ3) is 2.14. The fraction of sp³-hybridized carbons (Fsp3) is 0.375. The molecule has 1 N–H and O–H groups in total. The van der Waals surface area contributed by atoms with Crippen molar-refractivity contribution in [1.29, 1.82) is 0 Å². The Morgan fingerprint density at radius 1 is 1.27 bits per heavy atom. The van der Waals surface area contributed by atoms with Gasteiger partial charge in [-0.05, 0) is 18.6 Å². The standard InChI is InChI=1S/C16H10Cl2F3N3O2/c1-22-9-3-2-6(4-8(9)16(19,20)21)23-14(25)13-7-5-10(12(18)11(7)17)24(13)15(23)26/h2-4,7,10-12,25H,5H2/t7?,10?,11-,12-/m1/s1. The quantitative estimate of drug-likeness (QED) is 0.573. The zero-order valence-electron chi connectivity index (χ0n) is 12.8. The molecule has 2 unspecified atom stereocenters. The van der Waals surface area contributed by atoms with E-state index in [1.165, 1.54) is 10.6 Å². The summed E-state index contributed by atoms with van der Waals surface area (Å²) in [5.41, 5.74) is -2.31. The van der Waals surface area contributed by atoms with Gasteiger partial charge in [-0.2, -0.15) is 13.2 Å². The van der Waals surface area contributed by atoms with E-state index in [1.54, 1.807) is 0 Å². The summed E-state index contributed by atoms with van der Waals surface area (Å²) in [6, 6.07) is 2.44. The Morgan fingerprint density at radius 2 is 1.96 bits per heavy atom. The number of rotatable bonds is 1. The van der Waals surface area contributed by atoms with Crippen molar-refractivity contribution >= 4 is 28.9 Å². The summed E-state index contributed by atoms with van der Waals surface area (Å²) in [5.74, 6) is -0.789. The molecule has 10 heteroatoms. The predicted molar refractivity (Wildman–Crippen MR) is 88.6 cm³/mol. The predicted octanol–water partition coefficient (Wildman–Crippen LogP) is 4.17. The second kappa shape index (κ2) is 5.44. The van der Waals surface area contributed by atoms with Crippen molar-refractivity contribution in [2.45, 2.75) is 35.3 Å². The van der Waals surface area contributed by atoms with Gasteiger partial charge in [0.05, 0.1) is 40.3 Å². The van der Waals surface area contributed by atoms with E-state index in [-0.39, 0.29) is 11.6 Å². The van der Waals surface area contributed by atoms with Crippen LogP contribution < -0.4 is 5.69 Å². The number of halogens is 5. The molecule has 0 radical (unpaired) electrons. The van der Waals surface area contributed by atoms with Gasteiger partial charge in [0.25, 0.3) is 0 Å². The number of aromatic hydroxyl groups is 1. The van der Waals surface area contributed by atoms with Crippen LogP contribution in [0.4, 0.5) is 18.9 Å². The molecule has 4 rings (SSSR count). The minimum atomic E-state index is -4.76. The van der Waals surface area contributed by atoms with Gasteiger partial charge >= 0.3 is 11.9 Å². The Kier molecular flexibility index (Phi) is 3.62. The molecular weight excluding hydrogens is 394 g/mol. The van der Waals surface area contributed by atoms with Crippen molar-refractivity contribution < 1.29 is 18.3 Å². The molecule has 2 aliphatic rings. The lowest BCUT2D eigenvalue weighted by atomic mass is 10.1. The maximum Gasteiger partial charge on any atom is 0.407 e. The molecule has 4 atom stereocenters. The Balaban J connectivity index is 1.93. The lowest BCUT2D eigenvalue weighted by Crippen LogP contribution is -2.33. The number of hydrogen-bond acceptors (Lipinski definition) is 2. The highest BCUT2D eigenvalue weighted by Gasteiger charge is 2.53. The highest BCUT2D eigenvalue weighted by Crippen LogP contribution is 2.55. The van der Waals surface area contributed by atoms with E-state index in [4.69, 9.17) is 29.8 Å². The highest BCUT2D eigenvalue weighted by atomic mass is 35.5. The molecule has 2 aromatic rings. The minimum absolute atomic E-state index is 0.175. The maximum atomic E-state index is 13.2. The van der Waals surface area contributed by atoms with Gasteiger partial charge in [0, 0.05) is 5.92 Å². The molecule has 0 saturated heterocycles. The molecule has 2 heterocycles. The molecule has 1 aliphatic heterocycles. The van der Waals surface area contributed by atoms with Crippen LogP contribution in [0.15, 0.2) is 23.0 Å². The Labute approximate surface area is 155 Å². The summed E-state index contributed by atoms with van der Waals surface area (Å²) in [6.45, 7) is 6.88. The molecule has 1 fully saturated rings. The first kappa shape index (κ1) is 17.3. The summed E-state index contributed by atoms with van der Waals surface area (Å²) >= 11 is 12.5. The Hall–Kier alpha value is -2.11. The van der Waals surface area contributed by atoms with Gasteiger partial charge in [0.1, 0.15) is 0 Å². The number of benzene rings is 1. The van der Waals surface area contributed by atoms with Crippen molar-refractivity contribution in [3.63, 3.8) is 0 Å². The first-order valence-corrected chi connectivity index (χ1v) is 8.47. The van der Waals surface area contributed by atoms with Gasteiger partial charge in [-0.25, -0.2) is 14.2 Å². The van der Waals surface area contributed by atoms with Crippen molar-refractivity contribution in [2.24, 2.45) is 0 Å². The molecule has 5 nitrogen and oxygen atoms in total. The molecule has 0 amide bonds. The molecular formula is C16H10Cl2F3N3O2. The lowest BCUT2D eigenvalue weighted by molar-refractivity contribution is -0.136. The first-order valence-electron chi connectivity index (χ1n) is 7.60. The number of imidazole rings is 1. The lowest BCUT2D eigenvalue weighted by Gasteiger charge is -2.22. The van der Waals surface area contributed by atoms with Gasteiger partial charge in [0.15, 0.2) is 5.69 Å². The second-order valence-electron chi connectivity index (χ2n) is 6.31. The van der Waals surface area contributed by atoms with Crippen molar-refractivity contribution in [3.05, 3.63) is 51.4 Å². The van der Waals surface area contributed by atoms with Crippen LogP contribution in [0.25, 0.3) is 10.5 Å². The van der Waals surface area contributed by atoms with Crippen molar-refractivity contribution in [2.75, 3.05) is 0 Å². The van der Waals surface area contributed by atoms with Crippen molar-refractivity contribution in [1.82, 2.24) is 9.13 Å². The largest absolute Gasteiger partial charge is 0.493 e. The number of aromatic nitrogens is 2. The van der Waals surface area contributed by atoms with Gasteiger partial charge in [-0.3, -0.25) is 4.57 Å². The van der Waals surface area contributed by atoms with Crippen LogP contribution in [-0.4, -0.2) is 25.0 Å². The van der Waals surface area contributed by atoms with E-state index >= 15 is 0 Å². The van der Waals surface area contributed by atoms with Crippen LogP contribution in [0.1, 0.15) is 29.6 Å². The molecule has 1 aromatic heterocycles. The fourth-order valence-electron chi connectivity index (χ4n) is 3.87. The third-order valence-corrected chi connectivity index (χ3v) is 6.26. The van der Waals surface area contributed by atoms with E-state index in [0.29, 0.717) is 18.2 Å². The number of hydrogen-bond donors (Lipinski definition) is 1. The zero-order valence-corrected chi connectivity index (χ0v) is 14.3. The van der Waals surface area contributed by atoms with Gasteiger partial charge < -0.3 is 5.11 Å². The van der Waals surface area contributed by atoms with E-state index in [9.17, 15) is 23.1 Å². The monoisotopic (exact) mass is 403 g/mol. The normalized spacial score (nSPS) is 26.8. The van der Waals surface area contributed by atoms with E-state index in [1.807, 2.05) is 0 Å². The molecule has 1 aliphatic carbocycles. The van der Waals surface area contributed by atoms with E-state index in [2.05, 4.69) is 4.85 Å². The smallest absolute Gasteiger partial charge is 0.407 e. The van der Waals surface area contributed by atoms with E-state index < -0.39 is 45.8 Å². The number of fused-ring (bicyclic) bond motifs is 5. The van der Waals surface area contributed by atoms with Crippen LogP contribution in [-0.2, 0) is 6.18 Å². The fourth-order valence-corrected chi connectivity index (χ4v) is 4.65. The topological polar surface area (TPSA) is 51.5 Å². The summed E-state index contributed by atoms with van der Waals surface area (Å²) in [4.78, 5) is 15.6. The van der Waals surface area contributed by atoms with Crippen molar-refractivity contribution in [3.8, 4) is 11.6 Å². The SMILES string of the molecule is [C-]#[N+]c1ccc(-n2c(O)c3n(c2=O)C2CC3[C@@H](Cl)[C@@H]2Cl)cc1C(F)(F)F. The molecule has 26 heavy (non-hydrogen) atoms. The summed E-state index contributed by atoms with van der Waals surface area (Å²) < 4.78 is 41.7.